The molecule has 1 aromatic carbocycles. The highest BCUT2D eigenvalue weighted by Crippen LogP contribution is 2.24. The van der Waals surface area contributed by atoms with Crippen LogP contribution in [0.1, 0.15) is 31.1 Å². The summed E-state index contributed by atoms with van der Waals surface area (Å²) in [5.41, 5.74) is 1.30. The number of aromatic nitrogens is 2. The first-order valence-electron chi connectivity index (χ1n) is 6.79. The van der Waals surface area contributed by atoms with Crippen LogP contribution >= 0.6 is 0 Å². The Morgan fingerprint density at radius 1 is 1.29 bits per heavy atom. The Balaban J connectivity index is 2.15. The predicted octanol–water partition coefficient (Wildman–Crippen LogP) is 3.04. The van der Waals surface area contributed by atoms with Crippen molar-refractivity contribution in [2.75, 3.05) is 7.05 Å². The highest BCUT2D eigenvalue weighted by molar-refractivity contribution is 5.31. The lowest BCUT2D eigenvalue weighted by molar-refractivity contribution is 0.263. The number of benzene rings is 1. The monoisotopic (exact) mass is 295 g/mol. The first-order chi connectivity index (χ1) is 10.0. The molecular weight excluding hydrogens is 276 g/mol. The number of rotatable bonds is 6. The summed E-state index contributed by atoms with van der Waals surface area (Å²) in [4.78, 5) is 4.03. The van der Waals surface area contributed by atoms with Gasteiger partial charge in [0.25, 0.3) is 0 Å². The molecule has 0 spiro atoms. The van der Waals surface area contributed by atoms with Crippen LogP contribution in [0.5, 0.6) is 5.75 Å². The van der Waals surface area contributed by atoms with Gasteiger partial charge in [0.1, 0.15) is 6.61 Å². The molecule has 0 fully saturated rings. The van der Waals surface area contributed by atoms with Crippen molar-refractivity contribution in [3.63, 3.8) is 0 Å². The van der Waals surface area contributed by atoms with E-state index in [0.29, 0.717) is 12.1 Å². The molecule has 0 aliphatic rings. The predicted molar refractivity (Wildman–Crippen MR) is 76.1 cm³/mol. The van der Waals surface area contributed by atoms with Crippen LogP contribution in [0.15, 0.2) is 24.7 Å². The van der Waals surface area contributed by atoms with Gasteiger partial charge in [0.15, 0.2) is 17.4 Å². The molecule has 6 heteroatoms. The number of hydrogen-bond donors (Lipinski definition) is 1. The molecule has 0 saturated carbocycles. The lowest BCUT2D eigenvalue weighted by Crippen LogP contribution is -2.09. The number of ether oxygens (including phenoxy) is 1. The Morgan fingerprint density at radius 3 is 2.52 bits per heavy atom. The Bertz CT molecular complexity index is 588. The fourth-order valence-corrected chi connectivity index (χ4v) is 2.11. The van der Waals surface area contributed by atoms with E-state index in [0.717, 1.165) is 5.69 Å². The van der Waals surface area contributed by atoms with Crippen LogP contribution in [0.2, 0.25) is 0 Å². The van der Waals surface area contributed by atoms with Crippen LogP contribution in [0.3, 0.4) is 0 Å². The van der Waals surface area contributed by atoms with Crippen LogP contribution in [-0.2, 0) is 13.2 Å². The van der Waals surface area contributed by atoms with Gasteiger partial charge in [-0.25, -0.2) is 13.8 Å². The van der Waals surface area contributed by atoms with Gasteiger partial charge in [0.2, 0.25) is 0 Å². The van der Waals surface area contributed by atoms with Gasteiger partial charge in [-0.05, 0) is 38.6 Å². The highest BCUT2D eigenvalue weighted by atomic mass is 19.1. The molecule has 2 rings (SSSR count). The van der Waals surface area contributed by atoms with Crippen molar-refractivity contribution in [3.05, 3.63) is 47.5 Å². The zero-order valence-corrected chi connectivity index (χ0v) is 12.4. The molecule has 1 aromatic heterocycles. The molecule has 0 radical (unpaired) electrons. The van der Waals surface area contributed by atoms with Gasteiger partial charge in [-0.15, -0.1) is 0 Å². The number of imidazole rings is 1. The van der Waals surface area contributed by atoms with E-state index in [2.05, 4.69) is 10.3 Å². The van der Waals surface area contributed by atoms with Gasteiger partial charge < -0.3 is 14.6 Å². The molecule has 0 bridgehead atoms. The summed E-state index contributed by atoms with van der Waals surface area (Å²) in [6.07, 6.45) is 3.30. The van der Waals surface area contributed by atoms with Gasteiger partial charge in [0.05, 0.1) is 18.2 Å². The molecule has 114 valence electrons. The number of hydrogen-bond acceptors (Lipinski definition) is 3. The second kappa shape index (κ2) is 6.67. The topological polar surface area (TPSA) is 39.1 Å². The maximum atomic E-state index is 13.9. The highest BCUT2D eigenvalue weighted by Gasteiger charge is 2.14. The third-order valence-electron chi connectivity index (χ3n) is 3.11. The summed E-state index contributed by atoms with van der Waals surface area (Å²) in [7, 11) is 1.72. The van der Waals surface area contributed by atoms with E-state index in [9.17, 15) is 8.78 Å². The van der Waals surface area contributed by atoms with Gasteiger partial charge in [-0.2, -0.15) is 0 Å². The zero-order valence-electron chi connectivity index (χ0n) is 12.4. The zero-order chi connectivity index (χ0) is 15.4. The van der Waals surface area contributed by atoms with Gasteiger partial charge in [-0.1, -0.05) is 0 Å². The summed E-state index contributed by atoms with van der Waals surface area (Å²) in [6, 6.07) is 2.75. The Hall–Kier alpha value is -1.95. The van der Waals surface area contributed by atoms with Crippen LogP contribution in [0.4, 0.5) is 8.78 Å². The van der Waals surface area contributed by atoms with Crippen molar-refractivity contribution in [3.8, 4) is 5.75 Å². The number of nitrogens with zero attached hydrogens (tertiary/aromatic N) is 2. The fourth-order valence-electron chi connectivity index (χ4n) is 2.11. The van der Waals surface area contributed by atoms with Gasteiger partial charge in [-0.3, -0.25) is 0 Å². The molecule has 21 heavy (non-hydrogen) atoms. The van der Waals surface area contributed by atoms with E-state index in [4.69, 9.17) is 4.74 Å². The molecular formula is C15H19F2N3O. The summed E-state index contributed by atoms with van der Waals surface area (Å²) in [6.45, 7) is 4.46. The first-order valence-corrected chi connectivity index (χ1v) is 6.79. The van der Waals surface area contributed by atoms with E-state index >= 15 is 0 Å². The van der Waals surface area contributed by atoms with E-state index < -0.39 is 11.6 Å². The molecule has 0 aliphatic carbocycles. The van der Waals surface area contributed by atoms with Crippen molar-refractivity contribution in [2.24, 2.45) is 0 Å². The summed E-state index contributed by atoms with van der Waals surface area (Å²) in [5, 5.41) is 2.85. The molecule has 0 atom stereocenters. The SMILES string of the molecule is CNCc1cc(F)c(OCc2cncn2C(C)C)c(F)c1. The van der Waals surface area contributed by atoms with Crippen molar-refractivity contribution in [2.45, 2.75) is 33.0 Å². The largest absolute Gasteiger partial charge is 0.481 e. The second-order valence-corrected chi connectivity index (χ2v) is 5.09. The second-order valence-electron chi connectivity index (χ2n) is 5.09. The lowest BCUT2D eigenvalue weighted by atomic mass is 10.2. The minimum Gasteiger partial charge on any atom is -0.481 e. The lowest BCUT2D eigenvalue weighted by Gasteiger charge is -2.13. The van der Waals surface area contributed by atoms with Crippen molar-refractivity contribution < 1.29 is 13.5 Å². The van der Waals surface area contributed by atoms with Crippen LogP contribution < -0.4 is 10.1 Å². The normalized spacial score (nSPS) is 11.1. The maximum Gasteiger partial charge on any atom is 0.191 e. The molecule has 2 aromatic rings. The van der Waals surface area contributed by atoms with Crippen molar-refractivity contribution in [1.29, 1.82) is 0 Å². The third kappa shape index (κ3) is 3.58. The smallest absolute Gasteiger partial charge is 0.191 e. The Morgan fingerprint density at radius 2 is 1.95 bits per heavy atom. The summed E-state index contributed by atoms with van der Waals surface area (Å²) < 4.78 is 35.0. The van der Waals surface area contributed by atoms with Crippen LogP contribution in [-0.4, -0.2) is 16.6 Å². The summed E-state index contributed by atoms with van der Waals surface area (Å²) in [5.74, 6) is -1.75. The molecule has 0 saturated heterocycles. The van der Waals surface area contributed by atoms with E-state index in [1.54, 1.807) is 19.6 Å². The van der Waals surface area contributed by atoms with Crippen molar-refractivity contribution >= 4 is 0 Å². The molecule has 1 N–H and O–H groups in total. The van der Waals surface area contributed by atoms with Crippen LogP contribution in [0, 0.1) is 11.6 Å². The minimum atomic E-state index is -0.698. The third-order valence-corrected chi connectivity index (χ3v) is 3.11. The maximum absolute atomic E-state index is 13.9. The Labute approximate surface area is 122 Å². The molecule has 1 heterocycles. The average Bonchev–Trinajstić information content (AvgIpc) is 2.86. The molecule has 0 unspecified atom stereocenters. The van der Waals surface area contributed by atoms with Gasteiger partial charge >= 0.3 is 0 Å². The quantitative estimate of drug-likeness (QED) is 0.890. The molecule has 0 aliphatic heterocycles. The van der Waals surface area contributed by atoms with E-state index in [1.165, 1.54) is 12.1 Å². The van der Waals surface area contributed by atoms with Crippen LogP contribution in [0.25, 0.3) is 0 Å². The number of nitrogens with one attached hydrogen (secondary N) is 1. The average molecular weight is 295 g/mol. The fraction of sp³-hybridized carbons (Fsp3) is 0.400. The van der Waals surface area contributed by atoms with E-state index in [1.807, 2.05) is 18.4 Å². The van der Waals surface area contributed by atoms with Gasteiger partial charge in [0, 0.05) is 12.6 Å². The molecule has 0 amide bonds. The van der Waals surface area contributed by atoms with Crippen molar-refractivity contribution in [1.82, 2.24) is 14.9 Å². The van der Waals surface area contributed by atoms with E-state index in [-0.39, 0.29) is 18.4 Å². The first kappa shape index (κ1) is 15.4. The number of halogens is 2. The Kier molecular flexibility index (Phi) is 4.90. The molecule has 4 nitrogen and oxygen atoms in total. The standard InChI is InChI=1S/C15H19F2N3O/c1-10(2)20-9-19-7-12(20)8-21-15-13(16)4-11(6-18-3)5-14(15)17/h4-5,7,9-10,18H,6,8H2,1-3H3. The summed E-state index contributed by atoms with van der Waals surface area (Å²) >= 11 is 0. The minimum absolute atomic E-state index is 0.0669.